The number of methoxy groups -OCH3 is 1. The summed E-state index contributed by atoms with van der Waals surface area (Å²) in [5, 5.41) is 20.4. The second-order valence-electron chi connectivity index (χ2n) is 5.90. The van der Waals surface area contributed by atoms with E-state index in [2.05, 4.69) is 15.3 Å². The Morgan fingerprint density at radius 1 is 1.23 bits per heavy atom. The molecule has 2 aromatic carbocycles. The van der Waals surface area contributed by atoms with E-state index in [0.29, 0.717) is 22.6 Å². The number of ether oxygens (including phenoxy) is 2. The van der Waals surface area contributed by atoms with Gasteiger partial charge in [0, 0.05) is 5.56 Å². The molecule has 0 unspecified atom stereocenters. The van der Waals surface area contributed by atoms with Crippen LogP contribution in [0.3, 0.4) is 0 Å². The van der Waals surface area contributed by atoms with Crippen LogP contribution in [0, 0.1) is 11.3 Å². The highest BCUT2D eigenvalue weighted by Crippen LogP contribution is 2.24. The zero-order chi connectivity index (χ0) is 21.5. The number of halogens is 2. The minimum Gasteiger partial charge on any atom is -0.496 e. The number of thioether (sulfide) groups is 1. The number of hydrogen-bond donors (Lipinski definition) is 0. The summed E-state index contributed by atoms with van der Waals surface area (Å²) in [6, 6.07) is 14.1. The molecular formula is C20H17F2N5O2S. The zero-order valence-corrected chi connectivity index (χ0v) is 16.9. The third kappa shape index (κ3) is 4.93. The quantitative estimate of drug-likeness (QED) is 0.393. The number of alkyl halides is 2. The van der Waals surface area contributed by atoms with Crippen LogP contribution < -0.4 is 9.47 Å². The van der Waals surface area contributed by atoms with Crippen LogP contribution >= 0.6 is 11.8 Å². The van der Waals surface area contributed by atoms with Gasteiger partial charge in [-0.25, -0.2) is 8.78 Å². The van der Waals surface area contributed by atoms with Gasteiger partial charge >= 0.3 is 0 Å². The van der Waals surface area contributed by atoms with E-state index < -0.39 is 12.2 Å². The summed E-state index contributed by atoms with van der Waals surface area (Å²) in [7, 11) is 1.55. The molecule has 0 spiro atoms. The maximum absolute atomic E-state index is 13.1. The van der Waals surface area contributed by atoms with Crippen molar-refractivity contribution in [2.45, 2.75) is 18.2 Å². The molecule has 10 heteroatoms. The van der Waals surface area contributed by atoms with Crippen LogP contribution in [0.2, 0.25) is 0 Å². The molecule has 0 aliphatic rings. The topological polar surface area (TPSA) is 85.3 Å². The van der Waals surface area contributed by atoms with E-state index in [1.165, 1.54) is 18.0 Å². The summed E-state index contributed by atoms with van der Waals surface area (Å²) in [4.78, 5) is 0. The zero-order valence-electron chi connectivity index (χ0n) is 16.1. The number of benzene rings is 2. The summed E-state index contributed by atoms with van der Waals surface area (Å²) in [6.45, 7) is 0.210. The summed E-state index contributed by atoms with van der Waals surface area (Å²) >= 11 is 1.17. The average molecular weight is 429 g/mol. The van der Waals surface area contributed by atoms with E-state index in [4.69, 9.17) is 14.7 Å². The highest BCUT2D eigenvalue weighted by molar-refractivity contribution is 7.98. The number of nitrogens with zero attached hydrogens (tertiary/aromatic N) is 5. The SMILES string of the molecule is COc1ccc(C=Nn2c(SC)nnc2C(F)F)cc1COc1ccc(C#N)cc1. The standard InChI is InChI=1S/C20H17F2N5O2S/c1-28-17-8-5-14(11-24-27-19(18(21)22)25-26-20(27)30-2)9-15(17)12-29-16-6-3-13(10-23)4-7-16/h3-9,11,18H,12H2,1-2H3. The average Bonchev–Trinajstić information content (AvgIpc) is 3.20. The molecule has 7 nitrogen and oxygen atoms in total. The van der Waals surface area contributed by atoms with Gasteiger partial charge in [0.1, 0.15) is 18.1 Å². The lowest BCUT2D eigenvalue weighted by atomic mass is 10.1. The van der Waals surface area contributed by atoms with Gasteiger partial charge in [-0.3, -0.25) is 0 Å². The molecule has 0 bridgehead atoms. The molecule has 0 radical (unpaired) electrons. The summed E-state index contributed by atoms with van der Waals surface area (Å²) in [5.74, 6) is 0.697. The molecule has 0 amide bonds. The monoisotopic (exact) mass is 429 g/mol. The molecule has 3 aromatic rings. The van der Waals surface area contributed by atoms with Crippen molar-refractivity contribution in [1.82, 2.24) is 14.9 Å². The molecule has 0 atom stereocenters. The van der Waals surface area contributed by atoms with Crippen LogP contribution in [0.5, 0.6) is 11.5 Å². The molecule has 1 heterocycles. The minimum absolute atomic E-state index is 0.210. The molecule has 0 saturated carbocycles. The Morgan fingerprint density at radius 3 is 2.63 bits per heavy atom. The fourth-order valence-corrected chi connectivity index (χ4v) is 2.99. The molecule has 1 aromatic heterocycles. The Kier molecular flexibility index (Phi) is 6.98. The van der Waals surface area contributed by atoms with Crippen molar-refractivity contribution in [3.63, 3.8) is 0 Å². The first kappa shape index (κ1) is 21.3. The Bertz CT molecular complexity index is 1080. The van der Waals surface area contributed by atoms with Gasteiger partial charge in [-0.2, -0.15) is 15.0 Å². The first-order valence-corrected chi connectivity index (χ1v) is 9.90. The fraction of sp³-hybridized carbons (Fsp3) is 0.200. The number of nitriles is 1. The Labute approximate surface area is 176 Å². The third-order valence-electron chi connectivity index (χ3n) is 4.02. The van der Waals surface area contributed by atoms with Gasteiger partial charge in [0.05, 0.1) is 25.0 Å². The fourth-order valence-electron chi connectivity index (χ4n) is 2.55. The van der Waals surface area contributed by atoms with Crippen LogP contribution in [0.25, 0.3) is 0 Å². The van der Waals surface area contributed by atoms with Crippen molar-refractivity contribution in [2.24, 2.45) is 5.10 Å². The Morgan fingerprint density at radius 2 is 2.00 bits per heavy atom. The maximum Gasteiger partial charge on any atom is 0.299 e. The molecule has 0 aliphatic carbocycles. The second-order valence-corrected chi connectivity index (χ2v) is 6.67. The third-order valence-corrected chi connectivity index (χ3v) is 4.64. The van der Waals surface area contributed by atoms with Crippen molar-refractivity contribution in [3.8, 4) is 17.6 Å². The first-order chi connectivity index (χ1) is 14.5. The molecule has 0 N–H and O–H groups in total. The molecule has 30 heavy (non-hydrogen) atoms. The second kappa shape index (κ2) is 9.84. The van der Waals surface area contributed by atoms with Gasteiger partial charge in [-0.1, -0.05) is 11.8 Å². The van der Waals surface area contributed by atoms with E-state index in [0.717, 1.165) is 10.2 Å². The van der Waals surface area contributed by atoms with Crippen LogP contribution in [0.15, 0.2) is 52.7 Å². The van der Waals surface area contributed by atoms with Gasteiger partial charge in [-0.15, -0.1) is 10.2 Å². The van der Waals surface area contributed by atoms with Crippen LogP contribution in [0.1, 0.15) is 28.9 Å². The van der Waals surface area contributed by atoms with Crippen molar-refractivity contribution in [3.05, 3.63) is 65.0 Å². The van der Waals surface area contributed by atoms with E-state index in [1.807, 2.05) is 6.07 Å². The lowest BCUT2D eigenvalue weighted by Gasteiger charge is -2.11. The number of aromatic nitrogens is 3. The smallest absolute Gasteiger partial charge is 0.299 e. The van der Waals surface area contributed by atoms with Gasteiger partial charge in [0.25, 0.3) is 6.43 Å². The molecule has 154 valence electrons. The summed E-state index contributed by atoms with van der Waals surface area (Å²) < 4.78 is 38.4. The van der Waals surface area contributed by atoms with Crippen LogP contribution in [-0.2, 0) is 6.61 Å². The summed E-state index contributed by atoms with van der Waals surface area (Å²) in [5.41, 5.74) is 1.95. The van der Waals surface area contributed by atoms with Gasteiger partial charge in [-0.05, 0) is 54.3 Å². The highest BCUT2D eigenvalue weighted by Gasteiger charge is 2.19. The van der Waals surface area contributed by atoms with Crippen molar-refractivity contribution >= 4 is 18.0 Å². The molecular weight excluding hydrogens is 412 g/mol. The predicted molar refractivity (Wildman–Crippen MR) is 108 cm³/mol. The Hall–Kier alpha value is -3.45. The lowest BCUT2D eigenvalue weighted by molar-refractivity contribution is 0.135. The molecule has 0 saturated heterocycles. The van der Waals surface area contributed by atoms with Gasteiger partial charge < -0.3 is 9.47 Å². The van der Waals surface area contributed by atoms with E-state index in [-0.39, 0.29) is 11.8 Å². The summed E-state index contributed by atoms with van der Waals surface area (Å²) in [6.07, 6.45) is 0.361. The van der Waals surface area contributed by atoms with Crippen molar-refractivity contribution < 1.29 is 18.3 Å². The minimum atomic E-state index is -2.79. The van der Waals surface area contributed by atoms with E-state index >= 15 is 0 Å². The number of rotatable bonds is 8. The maximum atomic E-state index is 13.1. The van der Waals surface area contributed by atoms with Crippen molar-refractivity contribution in [1.29, 1.82) is 5.26 Å². The van der Waals surface area contributed by atoms with E-state index in [9.17, 15) is 8.78 Å². The number of hydrogen-bond acceptors (Lipinski definition) is 7. The van der Waals surface area contributed by atoms with Gasteiger partial charge in [0.2, 0.25) is 11.0 Å². The lowest BCUT2D eigenvalue weighted by Crippen LogP contribution is -2.02. The van der Waals surface area contributed by atoms with Gasteiger partial charge in [0.15, 0.2) is 0 Å². The highest BCUT2D eigenvalue weighted by atomic mass is 32.2. The molecule has 3 rings (SSSR count). The van der Waals surface area contributed by atoms with E-state index in [1.54, 1.807) is 55.8 Å². The molecule has 0 fully saturated rings. The first-order valence-electron chi connectivity index (χ1n) is 8.67. The van der Waals surface area contributed by atoms with Crippen LogP contribution in [-0.4, -0.2) is 34.5 Å². The van der Waals surface area contributed by atoms with Crippen molar-refractivity contribution in [2.75, 3.05) is 13.4 Å². The predicted octanol–water partition coefficient (Wildman–Crippen LogP) is 4.28. The molecule has 0 aliphatic heterocycles. The normalized spacial score (nSPS) is 11.1. The Balaban J connectivity index is 1.81. The van der Waals surface area contributed by atoms with Crippen LogP contribution in [0.4, 0.5) is 8.78 Å². The largest absolute Gasteiger partial charge is 0.496 e.